The van der Waals surface area contributed by atoms with E-state index >= 15 is 0 Å². The summed E-state index contributed by atoms with van der Waals surface area (Å²) in [6.07, 6.45) is 7.67. The summed E-state index contributed by atoms with van der Waals surface area (Å²) in [4.78, 5) is 0. The summed E-state index contributed by atoms with van der Waals surface area (Å²) in [5.41, 5.74) is 0. The lowest BCUT2D eigenvalue weighted by Gasteiger charge is -2.22. The predicted octanol–water partition coefficient (Wildman–Crippen LogP) is 2.77. The first-order valence-electron chi connectivity index (χ1n) is 4.52. The van der Waals surface area contributed by atoms with E-state index in [1.165, 1.54) is 12.8 Å². The van der Waals surface area contributed by atoms with Crippen LogP contribution in [0.25, 0.3) is 0 Å². The summed E-state index contributed by atoms with van der Waals surface area (Å²) >= 11 is 0. The molecule has 0 spiro atoms. The van der Waals surface area contributed by atoms with E-state index < -0.39 is 0 Å². The van der Waals surface area contributed by atoms with E-state index in [0.29, 0.717) is 12.2 Å². The van der Waals surface area contributed by atoms with Crippen LogP contribution in [-0.2, 0) is 4.74 Å². The maximum absolute atomic E-state index is 5.65. The van der Waals surface area contributed by atoms with Crippen molar-refractivity contribution in [1.82, 2.24) is 0 Å². The maximum atomic E-state index is 5.65. The lowest BCUT2D eigenvalue weighted by atomic mass is 9.96. The van der Waals surface area contributed by atoms with Crippen LogP contribution in [-0.4, -0.2) is 12.2 Å². The quantitative estimate of drug-likeness (QED) is 0.556. The van der Waals surface area contributed by atoms with Crippen LogP contribution in [0.3, 0.4) is 0 Å². The number of hydrogen-bond donors (Lipinski definition) is 0. The number of ether oxygens (including phenoxy) is 1. The highest BCUT2D eigenvalue weighted by Crippen LogP contribution is 2.19. The van der Waals surface area contributed by atoms with Gasteiger partial charge in [-0.15, -0.1) is 0 Å². The average molecular weight is 154 g/mol. The third kappa shape index (κ3) is 3.06. The largest absolute Gasteiger partial charge is 0.372 e. The smallest absolute Gasteiger partial charge is 0.0759 e. The van der Waals surface area contributed by atoms with Crippen LogP contribution < -0.4 is 0 Å². The van der Waals surface area contributed by atoms with E-state index in [4.69, 9.17) is 4.74 Å². The van der Waals surface area contributed by atoms with E-state index in [0.717, 1.165) is 5.92 Å². The summed E-state index contributed by atoms with van der Waals surface area (Å²) in [6.45, 7) is 6.43. The van der Waals surface area contributed by atoms with Crippen molar-refractivity contribution >= 4 is 0 Å². The summed E-state index contributed by atoms with van der Waals surface area (Å²) < 4.78 is 5.65. The standard InChI is InChI=1S/C10H18O/c1-8(2)11-10-6-4-9(3)5-7-10/h4,6,8-10H,5,7H2,1-3H3/t9-,10?/m1/s1. The van der Waals surface area contributed by atoms with Crippen LogP contribution >= 0.6 is 0 Å². The van der Waals surface area contributed by atoms with Crippen LogP contribution in [0, 0.1) is 5.92 Å². The Bertz CT molecular complexity index is 138. The molecule has 0 aromatic carbocycles. The molecule has 0 bridgehead atoms. The van der Waals surface area contributed by atoms with Crippen LogP contribution in [0.15, 0.2) is 12.2 Å². The molecule has 0 fully saturated rings. The molecule has 0 aromatic rings. The second kappa shape index (κ2) is 3.91. The van der Waals surface area contributed by atoms with Gasteiger partial charge in [0.1, 0.15) is 0 Å². The SMILES string of the molecule is CC(C)OC1C=C[C@@H](C)CC1. The average Bonchev–Trinajstić information content (AvgIpc) is 1.93. The summed E-state index contributed by atoms with van der Waals surface area (Å²) in [6, 6.07) is 0. The molecule has 1 nitrogen and oxygen atoms in total. The Morgan fingerprint density at radius 2 is 2.00 bits per heavy atom. The Labute approximate surface area is 69.4 Å². The molecule has 1 aliphatic rings. The van der Waals surface area contributed by atoms with Crippen LogP contribution in [0.4, 0.5) is 0 Å². The Balaban J connectivity index is 2.32. The van der Waals surface area contributed by atoms with Gasteiger partial charge in [-0.3, -0.25) is 0 Å². The van der Waals surface area contributed by atoms with Gasteiger partial charge in [-0.05, 0) is 32.6 Å². The maximum Gasteiger partial charge on any atom is 0.0759 e. The van der Waals surface area contributed by atoms with Crippen molar-refractivity contribution in [3.8, 4) is 0 Å². The van der Waals surface area contributed by atoms with Gasteiger partial charge in [0.25, 0.3) is 0 Å². The zero-order valence-electron chi connectivity index (χ0n) is 7.71. The van der Waals surface area contributed by atoms with Crippen LogP contribution in [0.5, 0.6) is 0 Å². The molecule has 1 heteroatoms. The molecule has 0 aromatic heterocycles. The fourth-order valence-corrected chi connectivity index (χ4v) is 1.40. The minimum absolute atomic E-state index is 0.359. The Hall–Kier alpha value is -0.300. The Kier molecular flexibility index (Phi) is 3.13. The van der Waals surface area contributed by atoms with Crippen molar-refractivity contribution in [2.75, 3.05) is 0 Å². The van der Waals surface area contributed by atoms with Gasteiger partial charge in [0.15, 0.2) is 0 Å². The van der Waals surface area contributed by atoms with Gasteiger partial charge in [-0.25, -0.2) is 0 Å². The van der Waals surface area contributed by atoms with Gasteiger partial charge in [0, 0.05) is 0 Å². The second-order valence-corrected chi connectivity index (χ2v) is 3.66. The Morgan fingerprint density at radius 3 is 2.45 bits per heavy atom. The molecule has 0 amide bonds. The minimum Gasteiger partial charge on any atom is -0.372 e. The number of allylic oxidation sites excluding steroid dienone is 1. The van der Waals surface area contributed by atoms with E-state index in [2.05, 4.69) is 32.9 Å². The molecule has 0 N–H and O–H groups in total. The van der Waals surface area contributed by atoms with E-state index in [1.54, 1.807) is 0 Å². The monoisotopic (exact) mass is 154 g/mol. The molecule has 11 heavy (non-hydrogen) atoms. The third-order valence-electron chi connectivity index (χ3n) is 2.01. The van der Waals surface area contributed by atoms with E-state index in [1.807, 2.05) is 0 Å². The summed E-state index contributed by atoms with van der Waals surface area (Å²) in [5.74, 6) is 0.752. The molecule has 0 radical (unpaired) electrons. The molecule has 1 unspecified atom stereocenters. The van der Waals surface area contributed by atoms with Crippen LogP contribution in [0.1, 0.15) is 33.6 Å². The number of rotatable bonds is 2. The van der Waals surface area contributed by atoms with Gasteiger partial charge >= 0.3 is 0 Å². The molecular weight excluding hydrogens is 136 g/mol. The van der Waals surface area contributed by atoms with Crippen molar-refractivity contribution in [1.29, 1.82) is 0 Å². The highest BCUT2D eigenvalue weighted by atomic mass is 16.5. The molecule has 0 aliphatic heterocycles. The van der Waals surface area contributed by atoms with E-state index in [9.17, 15) is 0 Å². The lowest BCUT2D eigenvalue weighted by Crippen LogP contribution is -2.19. The second-order valence-electron chi connectivity index (χ2n) is 3.66. The fourth-order valence-electron chi connectivity index (χ4n) is 1.40. The highest BCUT2D eigenvalue weighted by molar-refractivity contribution is 4.97. The molecular formula is C10H18O. The van der Waals surface area contributed by atoms with Gasteiger partial charge in [-0.1, -0.05) is 19.1 Å². The first-order valence-corrected chi connectivity index (χ1v) is 4.52. The van der Waals surface area contributed by atoms with Crippen molar-refractivity contribution < 1.29 is 4.74 Å². The van der Waals surface area contributed by atoms with Crippen molar-refractivity contribution in [2.45, 2.75) is 45.8 Å². The molecule has 2 atom stereocenters. The first kappa shape index (κ1) is 8.79. The first-order chi connectivity index (χ1) is 5.18. The molecule has 0 saturated heterocycles. The normalized spacial score (nSPS) is 31.3. The topological polar surface area (TPSA) is 9.23 Å². The Morgan fingerprint density at radius 1 is 1.27 bits per heavy atom. The number of hydrogen-bond acceptors (Lipinski definition) is 1. The summed E-state index contributed by atoms with van der Waals surface area (Å²) in [7, 11) is 0. The molecule has 0 heterocycles. The lowest BCUT2D eigenvalue weighted by molar-refractivity contribution is 0.0255. The highest BCUT2D eigenvalue weighted by Gasteiger charge is 2.13. The van der Waals surface area contributed by atoms with Crippen molar-refractivity contribution in [3.05, 3.63) is 12.2 Å². The van der Waals surface area contributed by atoms with Gasteiger partial charge in [0.05, 0.1) is 12.2 Å². The van der Waals surface area contributed by atoms with Gasteiger partial charge in [-0.2, -0.15) is 0 Å². The fraction of sp³-hybridized carbons (Fsp3) is 0.800. The molecule has 64 valence electrons. The third-order valence-corrected chi connectivity index (χ3v) is 2.01. The minimum atomic E-state index is 0.359. The van der Waals surface area contributed by atoms with Crippen molar-refractivity contribution in [3.63, 3.8) is 0 Å². The van der Waals surface area contributed by atoms with Gasteiger partial charge < -0.3 is 4.74 Å². The molecule has 1 rings (SSSR count). The predicted molar refractivity (Wildman–Crippen MR) is 47.5 cm³/mol. The molecule has 1 aliphatic carbocycles. The zero-order chi connectivity index (χ0) is 8.27. The van der Waals surface area contributed by atoms with Crippen LogP contribution in [0.2, 0.25) is 0 Å². The summed E-state index contributed by atoms with van der Waals surface area (Å²) in [5, 5.41) is 0. The van der Waals surface area contributed by atoms with E-state index in [-0.39, 0.29) is 0 Å². The van der Waals surface area contributed by atoms with Crippen molar-refractivity contribution in [2.24, 2.45) is 5.92 Å². The van der Waals surface area contributed by atoms with Gasteiger partial charge in [0.2, 0.25) is 0 Å². The molecule has 0 saturated carbocycles. The zero-order valence-corrected chi connectivity index (χ0v) is 7.71.